The number of aliphatic hydroxyl groups is 1. The van der Waals surface area contributed by atoms with Crippen molar-refractivity contribution in [2.45, 2.75) is 44.1 Å². The summed E-state index contributed by atoms with van der Waals surface area (Å²) in [6, 6.07) is 20.8. The molecule has 45 heavy (non-hydrogen) atoms. The first-order valence-electron chi connectivity index (χ1n) is 14.4. The molecule has 0 spiro atoms. The normalized spacial score (nSPS) is 19.5. The highest BCUT2D eigenvalue weighted by Gasteiger charge is 2.38. The van der Waals surface area contributed by atoms with Crippen LogP contribution in [0.3, 0.4) is 0 Å². The van der Waals surface area contributed by atoms with Crippen LogP contribution in [0.2, 0.25) is 0 Å². The van der Waals surface area contributed by atoms with Crippen molar-refractivity contribution in [3.63, 3.8) is 0 Å². The molecule has 1 aliphatic heterocycles. The number of aromatic hydroxyl groups is 1. The van der Waals surface area contributed by atoms with Gasteiger partial charge in [0.15, 0.2) is 6.29 Å². The van der Waals surface area contributed by atoms with Gasteiger partial charge in [-0.05, 0) is 64.9 Å². The van der Waals surface area contributed by atoms with E-state index in [9.17, 15) is 19.8 Å². The van der Waals surface area contributed by atoms with Gasteiger partial charge in [0, 0.05) is 22.9 Å². The van der Waals surface area contributed by atoms with E-state index in [0.29, 0.717) is 27.8 Å². The van der Waals surface area contributed by atoms with E-state index >= 15 is 0 Å². The van der Waals surface area contributed by atoms with Crippen molar-refractivity contribution in [1.29, 1.82) is 0 Å². The highest BCUT2D eigenvalue weighted by molar-refractivity contribution is 7.99. The molecular formula is C31H34N6O7S. The highest BCUT2D eigenvalue weighted by atomic mass is 32.2. The molecule has 14 heteroatoms. The molecule has 236 valence electrons. The number of thioether (sulfide) groups is 1. The number of rotatable bonds is 11. The lowest BCUT2D eigenvalue weighted by Crippen LogP contribution is -2.38. The van der Waals surface area contributed by atoms with Gasteiger partial charge >= 0.3 is 12.0 Å². The molecule has 4 aromatic rings. The third kappa shape index (κ3) is 8.16. The largest absolute Gasteiger partial charge is 0.508 e. The standard InChI is InChI=1S/C31H34N6O7S/c1-3-42-27(40)16-32-30(41)33-23-6-4-5-22(15-23)29-43-26(19(2)28(44-29)21-9-7-20(17-38)8-10-21)18-45-31-34-35-36-37(31)24-11-13-25(39)14-12-24/h4-15,19,26,28-29,38-39H,3,16-18H2,1-2H3,(H2,32,33,41)/t19-,26+,28+,29+/m1/s1. The van der Waals surface area contributed by atoms with E-state index in [-0.39, 0.29) is 43.6 Å². The number of tetrazole rings is 1. The molecule has 0 unspecified atom stereocenters. The quantitative estimate of drug-likeness (QED) is 0.138. The van der Waals surface area contributed by atoms with Gasteiger partial charge in [-0.1, -0.05) is 55.1 Å². The number of benzene rings is 3. The molecule has 3 aromatic carbocycles. The summed E-state index contributed by atoms with van der Waals surface area (Å²) in [5.41, 5.74) is 3.61. The van der Waals surface area contributed by atoms with Crippen LogP contribution >= 0.6 is 11.8 Å². The maximum absolute atomic E-state index is 12.4. The van der Waals surface area contributed by atoms with Gasteiger partial charge in [0.1, 0.15) is 12.3 Å². The lowest BCUT2D eigenvalue weighted by Gasteiger charge is -2.41. The molecule has 0 radical (unpaired) electrons. The number of phenols is 1. The molecule has 0 aliphatic carbocycles. The van der Waals surface area contributed by atoms with Gasteiger partial charge in [-0.15, -0.1) is 5.10 Å². The van der Waals surface area contributed by atoms with Crippen LogP contribution in [-0.4, -0.2) is 67.4 Å². The zero-order valence-electron chi connectivity index (χ0n) is 24.7. The number of carbonyl (C=O) groups is 2. The Labute approximate surface area is 263 Å². The van der Waals surface area contributed by atoms with Crippen LogP contribution < -0.4 is 10.6 Å². The van der Waals surface area contributed by atoms with E-state index in [4.69, 9.17) is 14.2 Å². The van der Waals surface area contributed by atoms with Gasteiger partial charge in [-0.3, -0.25) is 4.79 Å². The number of hydrogen-bond donors (Lipinski definition) is 4. The number of aliphatic hydroxyl groups excluding tert-OH is 1. The molecule has 0 saturated carbocycles. The number of urea groups is 1. The van der Waals surface area contributed by atoms with Crippen LogP contribution in [0.4, 0.5) is 10.5 Å². The molecule has 1 aromatic heterocycles. The van der Waals surface area contributed by atoms with Gasteiger partial charge in [0.05, 0.1) is 31.1 Å². The number of ether oxygens (including phenoxy) is 3. The second-order valence-electron chi connectivity index (χ2n) is 10.3. The Kier molecular flexibility index (Phi) is 10.6. The molecule has 13 nitrogen and oxygen atoms in total. The average Bonchev–Trinajstić information content (AvgIpc) is 3.53. The van der Waals surface area contributed by atoms with Gasteiger partial charge in [0.25, 0.3) is 0 Å². The zero-order chi connectivity index (χ0) is 31.8. The summed E-state index contributed by atoms with van der Waals surface area (Å²) in [5, 5.41) is 37.1. The van der Waals surface area contributed by atoms with Gasteiger partial charge in [-0.25, -0.2) is 4.79 Å². The van der Waals surface area contributed by atoms with E-state index in [1.807, 2.05) is 30.3 Å². The molecule has 5 rings (SSSR count). The lowest BCUT2D eigenvalue weighted by atomic mass is 9.91. The lowest BCUT2D eigenvalue weighted by molar-refractivity contribution is -0.268. The highest BCUT2D eigenvalue weighted by Crippen LogP contribution is 2.43. The van der Waals surface area contributed by atoms with Crippen molar-refractivity contribution < 1.29 is 34.0 Å². The first-order valence-corrected chi connectivity index (χ1v) is 15.3. The number of anilines is 1. The number of nitrogens with zero attached hydrogens (tertiary/aromatic N) is 4. The molecule has 4 N–H and O–H groups in total. The van der Waals surface area contributed by atoms with Gasteiger partial charge < -0.3 is 35.1 Å². The Hall–Kier alpha value is -4.50. The molecular weight excluding hydrogens is 600 g/mol. The second-order valence-corrected chi connectivity index (χ2v) is 11.2. The summed E-state index contributed by atoms with van der Waals surface area (Å²) in [6.45, 7) is 3.67. The van der Waals surface area contributed by atoms with Crippen molar-refractivity contribution in [3.05, 3.63) is 89.5 Å². The number of hydrogen-bond acceptors (Lipinski definition) is 11. The van der Waals surface area contributed by atoms with E-state index in [1.54, 1.807) is 54.1 Å². The summed E-state index contributed by atoms with van der Waals surface area (Å²) in [4.78, 5) is 24.0. The topological polar surface area (TPSA) is 170 Å². The fraction of sp³-hybridized carbons (Fsp3) is 0.323. The molecule has 4 atom stereocenters. The minimum atomic E-state index is -0.772. The summed E-state index contributed by atoms with van der Waals surface area (Å²) in [6.07, 6.45) is -1.42. The third-order valence-corrected chi connectivity index (χ3v) is 8.16. The predicted octanol–water partition coefficient (Wildman–Crippen LogP) is 4.13. The van der Waals surface area contributed by atoms with Crippen molar-refractivity contribution in [2.75, 3.05) is 24.2 Å². The summed E-state index contributed by atoms with van der Waals surface area (Å²) < 4.78 is 19.5. The molecule has 0 bridgehead atoms. The molecule has 1 saturated heterocycles. The van der Waals surface area contributed by atoms with Crippen molar-refractivity contribution >= 4 is 29.4 Å². The third-order valence-electron chi connectivity index (χ3n) is 7.15. The van der Waals surface area contributed by atoms with Crippen LogP contribution in [0.15, 0.2) is 78.0 Å². The predicted molar refractivity (Wildman–Crippen MR) is 165 cm³/mol. The number of esters is 1. The second kappa shape index (κ2) is 15.0. The Bertz CT molecular complexity index is 1580. The Morgan fingerprint density at radius 3 is 2.56 bits per heavy atom. The maximum atomic E-state index is 12.4. The van der Waals surface area contributed by atoms with Crippen LogP contribution in [0, 0.1) is 5.92 Å². The Morgan fingerprint density at radius 2 is 1.82 bits per heavy atom. The van der Waals surface area contributed by atoms with Crippen molar-refractivity contribution in [3.8, 4) is 11.4 Å². The minimum absolute atomic E-state index is 0.0603. The van der Waals surface area contributed by atoms with Crippen LogP contribution in [0.1, 0.15) is 42.9 Å². The number of amides is 2. The fourth-order valence-electron chi connectivity index (χ4n) is 4.79. The van der Waals surface area contributed by atoms with Crippen LogP contribution in [0.25, 0.3) is 5.69 Å². The summed E-state index contributed by atoms with van der Waals surface area (Å²) >= 11 is 1.43. The zero-order valence-corrected chi connectivity index (χ0v) is 25.5. The fourth-order valence-corrected chi connectivity index (χ4v) is 5.85. The van der Waals surface area contributed by atoms with E-state index in [2.05, 4.69) is 33.1 Å². The van der Waals surface area contributed by atoms with Crippen molar-refractivity contribution in [1.82, 2.24) is 25.5 Å². The van der Waals surface area contributed by atoms with E-state index < -0.39 is 18.3 Å². The summed E-state index contributed by atoms with van der Waals surface area (Å²) in [7, 11) is 0. The average molecular weight is 635 g/mol. The minimum Gasteiger partial charge on any atom is -0.508 e. The van der Waals surface area contributed by atoms with E-state index in [0.717, 1.165) is 11.1 Å². The first kappa shape index (κ1) is 31.9. The van der Waals surface area contributed by atoms with Gasteiger partial charge in [0.2, 0.25) is 5.16 Å². The number of aromatic nitrogens is 4. The van der Waals surface area contributed by atoms with Crippen LogP contribution in [0.5, 0.6) is 5.75 Å². The number of carbonyl (C=O) groups excluding carboxylic acids is 2. The first-order chi connectivity index (χ1) is 21.8. The SMILES string of the molecule is CCOC(=O)CNC(=O)Nc1cccc([C@H]2O[C@@H](CSc3nnnn3-c3ccc(O)cc3)[C@@H](C)[C@@H](c3ccc(CO)cc3)O2)c1. The van der Waals surface area contributed by atoms with Gasteiger partial charge in [-0.2, -0.15) is 4.68 Å². The number of nitrogens with one attached hydrogen (secondary N) is 2. The molecule has 1 aliphatic rings. The number of phenolic OH excluding ortho intramolecular Hbond substituents is 1. The summed E-state index contributed by atoms with van der Waals surface area (Å²) in [5.74, 6) is 0.0327. The molecule has 2 amide bonds. The molecule has 2 heterocycles. The smallest absolute Gasteiger partial charge is 0.325 e. The van der Waals surface area contributed by atoms with E-state index in [1.165, 1.54) is 11.8 Å². The van der Waals surface area contributed by atoms with Crippen molar-refractivity contribution in [2.24, 2.45) is 5.92 Å². The Balaban J connectivity index is 1.34. The maximum Gasteiger partial charge on any atom is 0.325 e. The monoisotopic (exact) mass is 634 g/mol. The molecule has 1 fully saturated rings. The van der Waals surface area contributed by atoms with Crippen LogP contribution in [-0.2, 0) is 25.6 Å². The Morgan fingerprint density at radius 1 is 1.04 bits per heavy atom.